The van der Waals surface area contributed by atoms with Crippen LogP contribution in [0.15, 0.2) is 60.7 Å². The first-order valence-electron chi connectivity index (χ1n) is 7.00. The van der Waals surface area contributed by atoms with Crippen molar-refractivity contribution in [2.75, 3.05) is 13.6 Å². The Morgan fingerprint density at radius 1 is 1.00 bits per heavy atom. The largest absolute Gasteiger partial charge is 0.377 e. The van der Waals surface area contributed by atoms with Gasteiger partial charge >= 0.3 is 0 Å². The van der Waals surface area contributed by atoms with Crippen molar-refractivity contribution in [1.29, 1.82) is 0 Å². The minimum absolute atomic E-state index is 0.106. The number of aliphatic hydroxyl groups is 1. The SMILES string of the molecule is CN1C(O)CNC1C(c1ccccc1)c1ccccc1. The van der Waals surface area contributed by atoms with E-state index >= 15 is 0 Å². The van der Waals surface area contributed by atoms with Gasteiger partial charge in [-0.25, -0.2) is 0 Å². The summed E-state index contributed by atoms with van der Waals surface area (Å²) < 4.78 is 0. The molecule has 3 heteroatoms. The number of rotatable bonds is 3. The molecule has 2 N–H and O–H groups in total. The third-order valence-electron chi connectivity index (χ3n) is 4.05. The van der Waals surface area contributed by atoms with Crippen LogP contribution in [0.25, 0.3) is 0 Å². The number of nitrogens with one attached hydrogen (secondary N) is 1. The van der Waals surface area contributed by atoms with Gasteiger partial charge in [0.15, 0.2) is 0 Å². The molecule has 2 unspecified atom stereocenters. The molecule has 104 valence electrons. The van der Waals surface area contributed by atoms with Crippen LogP contribution in [0.3, 0.4) is 0 Å². The second-order valence-electron chi connectivity index (χ2n) is 5.30. The smallest absolute Gasteiger partial charge is 0.121 e. The van der Waals surface area contributed by atoms with E-state index in [0.717, 1.165) is 0 Å². The molecule has 1 fully saturated rings. The van der Waals surface area contributed by atoms with Crippen LogP contribution in [0, 0.1) is 0 Å². The van der Waals surface area contributed by atoms with Gasteiger partial charge in [0.2, 0.25) is 0 Å². The summed E-state index contributed by atoms with van der Waals surface area (Å²) in [4.78, 5) is 2.00. The summed E-state index contributed by atoms with van der Waals surface area (Å²) >= 11 is 0. The van der Waals surface area contributed by atoms with Gasteiger partial charge in [0.1, 0.15) is 6.23 Å². The molecule has 0 spiro atoms. The minimum atomic E-state index is -0.421. The van der Waals surface area contributed by atoms with Gasteiger partial charge in [0.25, 0.3) is 0 Å². The zero-order chi connectivity index (χ0) is 13.9. The van der Waals surface area contributed by atoms with E-state index in [1.807, 2.05) is 24.1 Å². The highest BCUT2D eigenvalue weighted by Gasteiger charge is 2.35. The van der Waals surface area contributed by atoms with Crippen molar-refractivity contribution in [2.45, 2.75) is 18.3 Å². The fourth-order valence-electron chi connectivity index (χ4n) is 2.93. The highest BCUT2D eigenvalue weighted by molar-refractivity contribution is 5.34. The van der Waals surface area contributed by atoms with Crippen LogP contribution >= 0.6 is 0 Å². The van der Waals surface area contributed by atoms with Crippen molar-refractivity contribution in [2.24, 2.45) is 0 Å². The molecular weight excluding hydrogens is 248 g/mol. The van der Waals surface area contributed by atoms with E-state index in [1.165, 1.54) is 11.1 Å². The zero-order valence-electron chi connectivity index (χ0n) is 11.6. The topological polar surface area (TPSA) is 35.5 Å². The molecule has 0 aliphatic carbocycles. The molecule has 3 nitrogen and oxygen atoms in total. The summed E-state index contributed by atoms with van der Waals surface area (Å²) in [5.74, 6) is 0.208. The molecule has 3 rings (SSSR count). The van der Waals surface area contributed by atoms with Gasteiger partial charge in [-0.1, -0.05) is 60.7 Å². The Bertz CT molecular complexity index is 504. The summed E-state index contributed by atoms with van der Waals surface area (Å²) in [7, 11) is 1.97. The number of hydrogen-bond acceptors (Lipinski definition) is 3. The van der Waals surface area contributed by atoms with Crippen molar-refractivity contribution < 1.29 is 5.11 Å². The predicted molar refractivity (Wildman–Crippen MR) is 80.3 cm³/mol. The fourth-order valence-corrected chi connectivity index (χ4v) is 2.93. The average molecular weight is 268 g/mol. The normalized spacial score (nSPS) is 23.4. The molecule has 1 saturated heterocycles. The van der Waals surface area contributed by atoms with Crippen LogP contribution in [0.5, 0.6) is 0 Å². The van der Waals surface area contributed by atoms with Gasteiger partial charge in [-0.2, -0.15) is 0 Å². The van der Waals surface area contributed by atoms with Crippen molar-refractivity contribution in [1.82, 2.24) is 10.2 Å². The second-order valence-corrected chi connectivity index (χ2v) is 5.30. The number of nitrogens with zero attached hydrogens (tertiary/aromatic N) is 1. The molecule has 0 saturated carbocycles. The van der Waals surface area contributed by atoms with Crippen LogP contribution in [0.2, 0.25) is 0 Å². The highest BCUT2D eigenvalue weighted by Crippen LogP contribution is 2.31. The third-order valence-corrected chi connectivity index (χ3v) is 4.05. The van der Waals surface area contributed by atoms with Gasteiger partial charge in [-0.3, -0.25) is 10.2 Å². The maximum absolute atomic E-state index is 9.97. The van der Waals surface area contributed by atoms with Crippen LogP contribution in [-0.2, 0) is 0 Å². The van der Waals surface area contributed by atoms with Gasteiger partial charge in [0, 0.05) is 12.5 Å². The predicted octanol–water partition coefficient (Wildman–Crippen LogP) is 2.00. The summed E-state index contributed by atoms with van der Waals surface area (Å²) in [5, 5.41) is 13.4. The minimum Gasteiger partial charge on any atom is -0.377 e. The maximum atomic E-state index is 9.97. The Kier molecular flexibility index (Phi) is 3.83. The fraction of sp³-hybridized carbons (Fsp3) is 0.294. The zero-order valence-corrected chi connectivity index (χ0v) is 11.6. The summed E-state index contributed by atoms with van der Waals surface area (Å²) in [6.07, 6.45) is -0.315. The third kappa shape index (κ3) is 2.48. The van der Waals surface area contributed by atoms with Gasteiger partial charge in [-0.15, -0.1) is 0 Å². The lowest BCUT2D eigenvalue weighted by molar-refractivity contribution is 0.0414. The van der Waals surface area contributed by atoms with E-state index < -0.39 is 6.23 Å². The molecule has 0 bridgehead atoms. The van der Waals surface area contributed by atoms with Crippen molar-refractivity contribution in [3.05, 3.63) is 71.8 Å². The molecule has 1 heterocycles. The first-order chi connectivity index (χ1) is 9.77. The van der Waals surface area contributed by atoms with Gasteiger partial charge < -0.3 is 5.11 Å². The lowest BCUT2D eigenvalue weighted by atomic mass is 9.88. The summed E-state index contributed by atoms with van der Waals surface area (Å²) in [6, 6.07) is 20.9. The van der Waals surface area contributed by atoms with Gasteiger partial charge in [-0.05, 0) is 18.2 Å². The Balaban J connectivity index is 2.01. The van der Waals surface area contributed by atoms with Crippen LogP contribution in [0.1, 0.15) is 17.0 Å². The molecule has 2 aromatic rings. The molecule has 2 atom stereocenters. The van der Waals surface area contributed by atoms with Crippen molar-refractivity contribution in [3.63, 3.8) is 0 Å². The lowest BCUT2D eigenvalue weighted by Gasteiger charge is -2.30. The molecule has 1 aliphatic rings. The number of hydrogen-bond donors (Lipinski definition) is 2. The first-order valence-corrected chi connectivity index (χ1v) is 7.00. The molecule has 1 aliphatic heterocycles. The number of aliphatic hydroxyl groups excluding tert-OH is 1. The van der Waals surface area contributed by atoms with Crippen LogP contribution in [-0.4, -0.2) is 36.0 Å². The Labute approximate surface area is 119 Å². The number of β-amino-alcohol motifs (C(OH)–C–C–N with tert-alkyl or cyclic N) is 1. The summed E-state index contributed by atoms with van der Waals surface area (Å²) in [6.45, 7) is 0.608. The average Bonchev–Trinajstić information content (AvgIpc) is 2.82. The maximum Gasteiger partial charge on any atom is 0.121 e. The first kappa shape index (κ1) is 13.3. The van der Waals surface area contributed by atoms with E-state index in [4.69, 9.17) is 0 Å². The van der Waals surface area contributed by atoms with Gasteiger partial charge in [0.05, 0.1) is 6.17 Å². The molecule has 0 radical (unpaired) electrons. The molecule has 0 aromatic heterocycles. The van der Waals surface area contributed by atoms with E-state index in [-0.39, 0.29) is 12.1 Å². The molecular formula is C17H20N2O. The monoisotopic (exact) mass is 268 g/mol. The Hall–Kier alpha value is -1.68. The lowest BCUT2D eigenvalue weighted by Crippen LogP contribution is -2.41. The standard InChI is InChI=1S/C17H20N2O/c1-19-15(20)12-18-17(19)16(13-8-4-2-5-9-13)14-10-6-3-7-11-14/h2-11,15-18,20H,12H2,1H3. The molecule has 20 heavy (non-hydrogen) atoms. The highest BCUT2D eigenvalue weighted by atomic mass is 16.3. The number of likely N-dealkylation sites (N-methyl/N-ethyl adjacent to an activating group) is 1. The van der Waals surface area contributed by atoms with Crippen molar-refractivity contribution >= 4 is 0 Å². The number of benzene rings is 2. The summed E-state index contributed by atoms with van der Waals surface area (Å²) in [5.41, 5.74) is 2.52. The quantitative estimate of drug-likeness (QED) is 0.893. The van der Waals surface area contributed by atoms with E-state index in [9.17, 15) is 5.11 Å². The van der Waals surface area contributed by atoms with Crippen LogP contribution in [0.4, 0.5) is 0 Å². The molecule has 0 amide bonds. The second kappa shape index (κ2) is 5.75. The Morgan fingerprint density at radius 3 is 1.90 bits per heavy atom. The van der Waals surface area contributed by atoms with Crippen molar-refractivity contribution in [3.8, 4) is 0 Å². The van der Waals surface area contributed by atoms with E-state index in [2.05, 4.69) is 53.8 Å². The molecule has 2 aromatic carbocycles. The van der Waals surface area contributed by atoms with E-state index in [0.29, 0.717) is 6.54 Å². The van der Waals surface area contributed by atoms with E-state index in [1.54, 1.807) is 0 Å². The Morgan fingerprint density at radius 2 is 1.50 bits per heavy atom. The van der Waals surface area contributed by atoms with Crippen LogP contribution < -0.4 is 5.32 Å².